The predicted octanol–water partition coefficient (Wildman–Crippen LogP) is 0.544. The summed E-state index contributed by atoms with van der Waals surface area (Å²) in [6.45, 7) is 5.92. The van der Waals surface area contributed by atoms with Gasteiger partial charge in [0.2, 0.25) is 0 Å². The zero-order chi connectivity index (χ0) is 12.0. The summed E-state index contributed by atoms with van der Waals surface area (Å²) < 4.78 is 1.73. The lowest BCUT2D eigenvalue weighted by Crippen LogP contribution is -2.28. The number of nitrogens with one attached hydrogen (secondary N) is 1. The Kier molecular flexibility index (Phi) is 4.98. The van der Waals surface area contributed by atoms with Gasteiger partial charge in [0.1, 0.15) is 5.69 Å². The van der Waals surface area contributed by atoms with Crippen molar-refractivity contribution in [2.45, 2.75) is 33.2 Å². The van der Waals surface area contributed by atoms with Crippen LogP contribution >= 0.6 is 0 Å². The van der Waals surface area contributed by atoms with Crippen LogP contribution in [0.4, 0.5) is 0 Å². The Bertz CT molecular complexity index is 346. The van der Waals surface area contributed by atoms with E-state index in [0.717, 1.165) is 18.5 Å². The van der Waals surface area contributed by atoms with Gasteiger partial charge in [-0.05, 0) is 32.4 Å². The Morgan fingerprint density at radius 3 is 2.88 bits per heavy atom. The molecule has 16 heavy (non-hydrogen) atoms. The van der Waals surface area contributed by atoms with Gasteiger partial charge >= 0.3 is 0 Å². The van der Waals surface area contributed by atoms with Gasteiger partial charge in [-0.2, -0.15) is 5.10 Å². The van der Waals surface area contributed by atoms with Crippen molar-refractivity contribution < 1.29 is 4.79 Å². The molecule has 5 heteroatoms. The molecule has 0 spiro atoms. The van der Waals surface area contributed by atoms with E-state index in [1.807, 2.05) is 19.9 Å². The molecule has 3 N–H and O–H groups in total. The Balaban J connectivity index is 2.69. The molecule has 0 bridgehead atoms. The van der Waals surface area contributed by atoms with Crippen molar-refractivity contribution >= 4 is 5.91 Å². The van der Waals surface area contributed by atoms with Gasteiger partial charge in [-0.1, -0.05) is 6.92 Å². The first kappa shape index (κ1) is 12.7. The molecule has 0 aromatic carbocycles. The number of aromatic nitrogens is 2. The van der Waals surface area contributed by atoms with Crippen LogP contribution in [0, 0.1) is 0 Å². The summed E-state index contributed by atoms with van der Waals surface area (Å²) in [6.07, 6.45) is 1.64. The topological polar surface area (TPSA) is 72.9 Å². The van der Waals surface area contributed by atoms with Crippen LogP contribution in [0.3, 0.4) is 0 Å². The summed E-state index contributed by atoms with van der Waals surface area (Å²) in [5.74, 6) is -0.0671. The molecule has 1 aromatic heterocycles. The average Bonchev–Trinajstić information content (AvgIpc) is 2.72. The van der Waals surface area contributed by atoms with Crippen LogP contribution in [0.1, 0.15) is 36.5 Å². The Hall–Kier alpha value is -1.36. The van der Waals surface area contributed by atoms with Crippen LogP contribution in [-0.2, 0) is 13.0 Å². The molecule has 1 amide bonds. The summed E-state index contributed by atoms with van der Waals surface area (Å²) in [6, 6.07) is 1.85. The molecule has 90 valence electrons. The third kappa shape index (κ3) is 3.06. The minimum atomic E-state index is -0.0671. The second-order valence-corrected chi connectivity index (χ2v) is 3.59. The molecule has 0 aliphatic carbocycles. The maximum Gasteiger partial charge on any atom is 0.269 e. The van der Waals surface area contributed by atoms with Gasteiger partial charge in [0.15, 0.2) is 0 Å². The third-order valence-electron chi connectivity index (χ3n) is 2.39. The van der Waals surface area contributed by atoms with Gasteiger partial charge in [-0.25, -0.2) is 0 Å². The van der Waals surface area contributed by atoms with Crippen molar-refractivity contribution in [3.63, 3.8) is 0 Å². The molecule has 0 fully saturated rings. The lowest BCUT2D eigenvalue weighted by atomic mass is 10.3. The van der Waals surface area contributed by atoms with Gasteiger partial charge in [0.25, 0.3) is 5.91 Å². The number of rotatable bonds is 6. The molecule has 0 aliphatic heterocycles. The lowest BCUT2D eigenvalue weighted by molar-refractivity contribution is 0.0943. The number of nitrogens with zero attached hydrogens (tertiary/aromatic N) is 2. The van der Waals surface area contributed by atoms with Crippen LogP contribution in [0.2, 0.25) is 0 Å². The van der Waals surface area contributed by atoms with E-state index in [1.54, 1.807) is 4.68 Å². The fourth-order valence-corrected chi connectivity index (χ4v) is 1.46. The third-order valence-corrected chi connectivity index (χ3v) is 2.39. The lowest BCUT2D eigenvalue weighted by Gasteiger charge is -2.05. The highest BCUT2D eigenvalue weighted by molar-refractivity contribution is 5.92. The number of aryl methyl sites for hydroxylation is 2. The SMILES string of the molecule is CCc1cc(C(=O)NCCCN)n(CC)n1. The summed E-state index contributed by atoms with van der Waals surface area (Å²) in [5, 5.41) is 7.16. The van der Waals surface area contributed by atoms with E-state index < -0.39 is 0 Å². The zero-order valence-corrected chi connectivity index (χ0v) is 9.99. The largest absolute Gasteiger partial charge is 0.351 e. The van der Waals surface area contributed by atoms with Crippen molar-refractivity contribution in [3.8, 4) is 0 Å². The number of hydrogen-bond donors (Lipinski definition) is 2. The highest BCUT2D eigenvalue weighted by Crippen LogP contribution is 2.05. The predicted molar refractivity (Wildman–Crippen MR) is 63.3 cm³/mol. The van der Waals surface area contributed by atoms with Crippen molar-refractivity contribution in [3.05, 3.63) is 17.5 Å². The number of carbonyl (C=O) groups excluding carboxylic acids is 1. The van der Waals surface area contributed by atoms with Crippen LogP contribution in [0.15, 0.2) is 6.07 Å². The van der Waals surface area contributed by atoms with Crippen molar-refractivity contribution in [2.75, 3.05) is 13.1 Å². The number of hydrogen-bond acceptors (Lipinski definition) is 3. The molecule has 0 atom stereocenters. The highest BCUT2D eigenvalue weighted by Gasteiger charge is 2.12. The molecule has 1 aromatic rings. The van der Waals surface area contributed by atoms with Crippen LogP contribution in [-0.4, -0.2) is 28.8 Å². The molecular formula is C11H20N4O. The van der Waals surface area contributed by atoms with E-state index in [4.69, 9.17) is 5.73 Å². The molecule has 5 nitrogen and oxygen atoms in total. The first-order chi connectivity index (χ1) is 7.72. The molecule has 1 heterocycles. The van der Waals surface area contributed by atoms with E-state index in [-0.39, 0.29) is 5.91 Å². The molecule has 0 radical (unpaired) electrons. The smallest absolute Gasteiger partial charge is 0.269 e. The molecular weight excluding hydrogens is 204 g/mol. The average molecular weight is 224 g/mol. The minimum Gasteiger partial charge on any atom is -0.351 e. The molecule has 0 saturated carbocycles. The van der Waals surface area contributed by atoms with Gasteiger partial charge in [-0.15, -0.1) is 0 Å². The monoisotopic (exact) mass is 224 g/mol. The normalized spacial score (nSPS) is 10.4. The Labute approximate surface area is 96.0 Å². The van der Waals surface area contributed by atoms with E-state index >= 15 is 0 Å². The van der Waals surface area contributed by atoms with Crippen molar-refractivity contribution in [2.24, 2.45) is 5.73 Å². The second-order valence-electron chi connectivity index (χ2n) is 3.59. The van der Waals surface area contributed by atoms with E-state index in [1.165, 1.54) is 0 Å². The first-order valence-electron chi connectivity index (χ1n) is 5.77. The van der Waals surface area contributed by atoms with Gasteiger partial charge in [-0.3, -0.25) is 9.48 Å². The zero-order valence-electron chi connectivity index (χ0n) is 9.99. The van der Waals surface area contributed by atoms with Crippen LogP contribution < -0.4 is 11.1 Å². The van der Waals surface area contributed by atoms with Gasteiger partial charge < -0.3 is 11.1 Å². The number of carbonyl (C=O) groups is 1. The Morgan fingerprint density at radius 1 is 1.56 bits per heavy atom. The van der Waals surface area contributed by atoms with Gasteiger partial charge in [0.05, 0.1) is 5.69 Å². The van der Waals surface area contributed by atoms with Gasteiger partial charge in [0, 0.05) is 13.1 Å². The molecule has 0 aliphatic rings. The standard InChI is InChI=1S/C11H20N4O/c1-3-9-8-10(15(4-2)14-9)11(16)13-7-5-6-12/h8H,3-7,12H2,1-2H3,(H,13,16). The fraction of sp³-hybridized carbons (Fsp3) is 0.636. The van der Waals surface area contributed by atoms with Crippen LogP contribution in [0.25, 0.3) is 0 Å². The summed E-state index contributed by atoms with van der Waals surface area (Å²) >= 11 is 0. The van der Waals surface area contributed by atoms with Crippen LogP contribution in [0.5, 0.6) is 0 Å². The fourth-order valence-electron chi connectivity index (χ4n) is 1.46. The maximum atomic E-state index is 11.8. The summed E-state index contributed by atoms with van der Waals surface area (Å²) in [4.78, 5) is 11.8. The van der Waals surface area contributed by atoms with E-state index in [9.17, 15) is 4.79 Å². The quantitative estimate of drug-likeness (QED) is 0.693. The molecule has 0 saturated heterocycles. The first-order valence-corrected chi connectivity index (χ1v) is 5.77. The molecule has 1 rings (SSSR count). The molecule has 0 unspecified atom stereocenters. The highest BCUT2D eigenvalue weighted by atomic mass is 16.2. The van der Waals surface area contributed by atoms with Crippen molar-refractivity contribution in [1.29, 1.82) is 0 Å². The summed E-state index contributed by atoms with van der Waals surface area (Å²) in [7, 11) is 0. The van der Waals surface area contributed by atoms with E-state index in [0.29, 0.717) is 25.3 Å². The van der Waals surface area contributed by atoms with Crippen molar-refractivity contribution in [1.82, 2.24) is 15.1 Å². The maximum absolute atomic E-state index is 11.8. The second kappa shape index (κ2) is 6.27. The Morgan fingerprint density at radius 2 is 2.31 bits per heavy atom. The summed E-state index contributed by atoms with van der Waals surface area (Å²) in [5.41, 5.74) is 6.95. The minimum absolute atomic E-state index is 0.0671. The number of amides is 1. The van der Waals surface area contributed by atoms with E-state index in [2.05, 4.69) is 10.4 Å². The number of nitrogens with two attached hydrogens (primary N) is 1.